The molecule has 0 fully saturated rings. The summed E-state index contributed by atoms with van der Waals surface area (Å²) in [6, 6.07) is 11.2. The quantitative estimate of drug-likeness (QED) is 0.849. The van der Waals surface area contributed by atoms with Gasteiger partial charge in [0.1, 0.15) is 0 Å². The van der Waals surface area contributed by atoms with Gasteiger partial charge in [0.25, 0.3) is 0 Å². The number of methoxy groups -OCH3 is 1. The summed E-state index contributed by atoms with van der Waals surface area (Å²) >= 11 is 0. The van der Waals surface area contributed by atoms with Crippen LogP contribution >= 0.6 is 0 Å². The van der Waals surface area contributed by atoms with Crippen molar-refractivity contribution < 1.29 is 14.9 Å². The Bertz CT molecular complexity index is 772. The van der Waals surface area contributed by atoms with E-state index in [-0.39, 0.29) is 11.8 Å². The van der Waals surface area contributed by atoms with Crippen LogP contribution in [0.1, 0.15) is 17.4 Å². The molecule has 0 saturated heterocycles. The number of phenols is 1. The van der Waals surface area contributed by atoms with E-state index in [0.29, 0.717) is 17.0 Å². The Balaban J connectivity index is 1.86. The highest BCUT2D eigenvalue weighted by molar-refractivity contribution is 5.82. The van der Waals surface area contributed by atoms with Gasteiger partial charge in [-0.25, -0.2) is 0 Å². The normalized spacial score (nSPS) is 21.8. The molecule has 0 aliphatic carbocycles. The molecule has 5 heteroatoms. The molecule has 112 valence electrons. The van der Waals surface area contributed by atoms with E-state index < -0.39 is 6.23 Å². The number of para-hydroxylation sites is 1. The zero-order valence-corrected chi connectivity index (χ0v) is 12.1. The summed E-state index contributed by atoms with van der Waals surface area (Å²) in [6.07, 6.45) is 1.81. The third-order valence-corrected chi connectivity index (χ3v) is 4.31. The predicted octanol–water partition coefficient (Wildman–Crippen LogP) is 2.54. The van der Waals surface area contributed by atoms with E-state index in [2.05, 4.69) is 11.1 Å². The van der Waals surface area contributed by atoms with Gasteiger partial charge in [-0.2, -0.15) is 0 Å². The first-order chi connectivity index (χ1) is 10.7. The number of aliphatic imine (C=N–C) groups is 1. The maximum Gasteiger partial charge on any atom is 0.161 e. The largest absolute Gasteiger partial charge is 0.504 e. The molecule has 2 aromatic carbocycles. The second kappa shape index (κ2) is 4.74. The summed E-state index contributed by atoms with van der Waals surface area (Å²) in [4.78, 5) is 6.42. The second-order valence-corrected chi connectivity index (χ2v) is 5.54. The molecule has 0 spiro atoms. The van der Waals surface area contributed by atoms with Crippen molar-refractivity contribution in [2.75, 3.05) is 12.0 Å². The number of phenolic OH excluding ortho intramolecular Hbond substituents is 1. The third kappa shape index (κ3) is 1.79. The number of fused-ring (bicyclic) bond motifs is 4. The van der Waals surface area contributed by atoms with Gasteiger partial charge in [-0.3, -0.25) is 4.99 Å². The highest BCUT2D eigenvalue weighted by Crippen LogP contribution is 2.44. The maximum atomic E-state index is 10.9. The number of aliphatic hydroxyl groups is 1. The predicted molar refractivity (Wildman–Crippen MR) is 84.2 cm³/mol. The summed E-state index contributed by atoms with van der Waals surface area (Å²) < 4.78 is 5.15. The SMILES string of the molecule is COc1cc2c(cc1O)N=C[C@@H]1Cc3ccccc3N1C2O. The topological polar surface area (TPSA) is 65.3 Å². The van der Waals surface area contributed by atoms with Gasteiger partial charge in [0.15, 0.2) is 17.7 Å². The van der Waals surface area contributed by atoms with Crippen LogP contribution in [0.15, 0.2) is 41.4 Å². The maximum absolute atomic E-state index is 10.9. The van der Waals surface area contributed by atoms with Crippen LogP contribution in [0.25, 0.3) is 0 Å². The molecule has 0 saturated carbocycles. The van der Waals surface area contributed by atoms with E-state index in [9.17, 15) is 10.2 Å². The van der Waals surface area contributed by atoms with Crippen molar-refractivity contribution in [1.82, 2.24) is 0 Å². The van der Waals surface area contributed by atoms with Crippen LogP contribution in [0, 0.1) is 0 Å². The Labute approximate surface area is 128 Å². The molecule has 4 rings (SSSR count). The van der Waals surface area contributed by atoms with Crippen molar-refractivity contribution >= 4 is 17.6 Å². The van der Waals surface area contributed by atoms with Crippen LogP contribution in [-0.2, 0) is 6.42 Å². The van der Waals surface area contributed by atoms with Crippen LogP contribution in [0.2, 0.25) is 0 Å². The van der Waals surface area contributed by atoms with Crippen LogP contribution < -0.4 is 9.64 Å². The van der Waals surface area contributed by atoms with Crippen LogP contribution in [0.5, 0.6) is 11.5 Å². The molecule has 0 bridgehead atoms. The summed E-state index contributed by atoms with van der Waals surface area (Å²) in [5.41, 5.74) is 3.42. The monoisotopic (exact) mass is 296 g/mol. The third-order valence-electron chi connectivity index (χ3n) is 4.31. The minimum Gasteiger partial charge on any atom is -0.504 e. The average Bonchev–Trinajstić information content (AvgIpc) is 2.84. The second-order valence-electron chi connectivity index (χ2n) is 5.54. The van der Waals surface area contributed by atoms with Gasteiger partial charge in [-0.1, -0.05) is 18.2 Å². The molecule has 0 amide bonds. The van der Waals surface area contributed by atoms with Crippen LogP contribution in [0.4, 0.5) is 11.4 Å². The van der Waals surface area contributed by atoms with E-state index in [1.54, 1.807) is 6.07 Å². The number of anilines is 1. The van der Waals surface area contributed by atoms with Crippen LogP contribution in [0.3, 0.4) is 0 Å². The van der Waals surface area contributed by atoms with Crippen molar-refractivity contribution in [3.63, 3.8) is 0 Å². The summed E-state index contributed by atoms with van der Waals surface area (Å²) in [7, 11) is 1.49. The van der Waals surface area contributed by atoms with Gasteiger partial charge < -0.3 is 19.8 Å². The zero-order chi connectivity index (χ0) is 15.3. The van der Waals surface area contributed by atoms with E-state index in [0.717, 1.165) is 12.1 Å². The van der Waals surface area contributed by atoms with Gasteiger partial charge in [-0.15, -0.1) is 0 Å². The molecule has 2 atom stereocenters. The number of rotatable bonds is 1. The fourth-order valence-electron chi connectivity index (χ4n) is 3.25. The fourth-order valence-corrected chi connectivity index (χ4v) is 3.25. The van der Waals surface area contributed by atoms with Gasteiger partial charge in [0, 0.05) is 30.0 Å². The number of hydrogen-bond donors (Lipinski definition) is 2. The first kappa shape index (κ1) is 13.2. The molecule has 0 radical (unpaired) electrons. The van der Waals surface area contributed by atoms with Crippen molar-refractivity contribution in [1.29, 1.82) is 0 Å². The Kier molecular flexibility index (Phi) is 2.84. The Hall–Kier alpha value is -2.53. The first-order valence-corrected chi connectivity index (χ1v) is 7.18. The lowest BCUT2D eigenvalue weighted by Crippen LogP contribution is -2.35. The highest BCUT2D eigenvalue weighted by Gasteiger charge is 2.36. The van der Waals surface area contributed by atoms with Crippen molar-refractivity contribution in [3.8, 4) is 11.5 Å². The standard InChI is InChI=1S/C17H16N2O3/c1-22-16-7-12-13(8-15(16)20)18-9-11-6-10-4-2-3-5-14(10)19(11)17(12)21/h2-5,7-9,11,17,20-21H,6H2,1H3/t11-,17?/m0/s1. The molecule has 1 unspecified atom stereocenters. The minimum atomic E-state index is -0.833. The van der Waals surface area contributed by atoms with E-state index >= 15 is 0 Å². The minimum absolute atomic E-state index is 0.00735. The molecule has 2 heterocycles. The lowest BCUT2D eigenvalue weighted by atomic mass is 10.1. The van der Waals surface area contributed by atoms with Gasteiger partial charge in [0.05, 0.1) is 18.8 Å². The van der Waals surface area contributed by atoms with E-state index in [1.807, 2.05) is 29.3 Å². The molecular weight excluding hydrogens is 280 g/mol. The Morgan fingerprint density at radius 3 is 2.91 bits per heavy atom. The summed E-state index contributed by atoms with van der Waals surface area (Å²) in [5, 5.41) is 20.8. The number of ether oxygens (including phenoxy) is 1. The molecular formula is C17H16N2O3. The number of nitrogens with zero attached hydrogens (tertiary/aromatic N) is 2. The summed E-state index contributed by atoms with van der Waals surface area (Å²) in [6.45, 7) is 0. The van der Waals surface area contributed by atoms with Gasteiger partial charge in [-0.05, 0) is 17.7 Å². The van der Waals surface area contributed by atoms with E-state index in [4.69, 9.17) is 4.74 Å². The molecule has 2 aliphatic heterocycles. The van der Waals surface area contributed by atoms with Crippen LogP contribution in [-0.4, -0.2) is 29.6 Å². The first-order valence-electron chi connectivity index (χ1n) is 7.18. The fraction of sp³-hybridized carbons (Fsp3) is 0.235. The van der Waals surface area contributed by atoms with Gasteiger partial charge >= 0.3 is 0 Å². The number of benzene rings is 2. The lowest BCUT2D eigenvalue weighted by Gasteiger charge is -2.29. The highest BCUT2D eigenvalue weighted by atomic mass is 16.5. The zero-order valence-electron chi connectivity index (χ0n) is 12.1. The summed E-state index contributed by atoms with van der Waals surface area (Å²) in [5.74, 6) is 0.354. The lowest BCUT2D eigenvalue weighted by molar-refractivity contribution is 0.171. The molecule has 2 aromatic rings. The smallest absolute Gasteiger partial charge is 0.161 e. The van der Waals surface area contributed by atoms with Gasteiger partial charge in [0.2, 0.25) is 0 Å². The van der Waals surface area contributed by atoms with Crippen molar-refractivity contribution in [2.45, 2.75) is 18.7 Å². The van der Waals surface area contributed by atoms with Crippen molar-refractivity contribution in [2.24, 2.45) is 4.99 Å². The molecule has 0 aromatic heterocycles. The Morgan fingerprint density at radius 1 is 1.27 bits per heavy atom. The molecule has 2 aliphatic rings. The Morgan fingerprint density at radius 2 is 2.09 bits per heavy atom. The van der Waals surface area contributed by atoms with Crippen molar-refractivity contribution in [3.05, 3.63) is 47.5 Å². The average molecular weight is 296 g/mol. The number of aromatic hydroxyl groups is 1. The van der Waals surface area contributed by atoms with E-state index in [1.165, 1.54) is 18.7 Å². The molecule has 5 nitrogen and oxygen atoms in total. The molecule has 22 heavy (non-hydrogen) atoms. The number of aliphatic hydroxyl groups excluding tert-OH is 1. The number of hydrogen-bond acceptors (Lipinski definition) is 5. The molecule has 2 N–H and O–H groups in total.